The molecule has 6 nitrogen and oxygen atoms in total. The highest BCUT2D eigenvalue weighted by Crippen LogP contribution is 2.55. The number of nitrogens with zero attached hydrogens (tertiary/aromatic N) is 1. The first-order valence-corrected chi connectivity index (χ1v) is 11.1. The van der Waals surface area contributed by atoms with E-state index < -0.39 is 17.5 Å². The highest BCUT2D eigenvalue weighted by Gasteiger charge is 2.58. The number of aromatic hydroxyl groups is 1. The summed E-state index contributed by atoms with van der Waals surface area (Å²) in [6.07, 6.45) is 0. The van der Waals surface area contributed by atoms with Crippen LogP contribution in [0.4, 0.5) is 4.39 Å². The van der Waals surface area contributed by atoms with E-state index in [1.54, 1.807) is 36.4 Å². The standard InChI is InChI=1S/C27H21FN2O4/c1-14-13-30-26(33)18-8-4-5-9-20(18)27(30,34)23(19-12-15(28)10-11-21(19)31)22-24(29-14)16-6-2-3-7-17(16)25(22)32/h2-12,14,23,29,31,34H,13H2,1H3. The van der Waals surface area contributed by atoms with Crippen LogP contribution in [0, 0.1) is 5.82 Å². The molecule has 0 saturated carbocycles. The van der Waals surface area contributed by atoms with Crippen molar-refractivity contribution in [3.63, 3.8) is 0 Å². The van der Waals surface area contributed by atoms with Crippen LogP contribution in [0.1, 0.15) is 50.2 Å². The molecule has 0 bridgehead atoms. The third-order valence-corrected chi connectivity index (χ3v) is 7.00. The largest absolute Gasteiger partial charge is 0.508 e. The summed E-state index contributed by atoms with van der Waals surface area (Å²) in [4.78, 5) is 28.6. The fraction of sp³-hybridized carbons (Fsp3) is 0.185. The molecule has 3 unspecified atom stereocenters. The Labute approximate surface area is 195 Å². The number of nitrogens with one attached hydrogen (secondary N) is 1. The van der Waals surface area contributed by atoms with Gasteiger partial charge in [-0.15, -0.1) is 0 Å². The second kappa shape index (κ2) is 7.01. The van der Waals surface area contributed by atoms with Gasteiger partial charge in [-0.1, -0.05) is 42.5 Å². The van der Waals surface area contributed by atoms with Gasteiger partial charge in [0.1, 0.15) is 11.6 Å². The van der Waals surface area contributed by atoms with Gasteiger partial charge in [-0.3, -0.25) is 9.59 Å². The number of phenolic OH excluding ortho intramolecular Hbond substituents is 1. The molecule has 7 heteroatoms. The predicted octanol–water partition coefficient (Wildman–Crippen LogP) is 3.52. The Morgan fingerprint density at radius 1 is 1.00 bits per heavy atom. The summed E-state index contributed by atoms with van der Waals surface area (Å²) in [6.45, 7) is 2.00. The molecular weight excluding hydrogens is 435 g/mol. The molecule has 2 aliphatic heterocycles. The Kier molecular flexibility index (Phi) is 4.25. The van der Waals surface area contributed by atoms with Crippen LogP contribution in [-0.2, 0) is 5.72 Å². The summed E-state index contributed by atoms with van der Waals surface area (Å²) in [7, 11) is 0. The van der Waals surface area contributed by atoms with Crippen molar-refractivity contribution in [1.82, 2.24) is 10.2 Å². The first-order chi connectivity index (χ1) is 16.3. The summed E-state index contributed by atoms with van der Waals surface area (Å²) < 4.78 is 14.5. The Balaban J connectivity index is 1.73. The first kappa shape index (κ1) is 20.6. The average molecular weight is 456 g/mol. The third-order valence-electron chi connectivity index (χ3n) is 7.00. The number of carbonyl (C=O) groups excluding carboxylic acids is 2. The molecule has 3 aromatic rings. The third kappa shape index (κ3) is 2.58. The maximum Gasteiger partial charge on any atom is 0.256 e. The van der Waals surface area contributed by atoms with Crippen LogP contribution in [-0.4, -0.2) is 39.4 Å². The van der Waals surface area contributed by atoms with E-state index in [4.69, 9.17) is 0 Å². The fourth-order valence-corrected chi connectivity index (χ4v) is 5.60. The van der Waals surface area contributed by atoms with Crippen LogP contribution in [0.3, 0.4) is 0 Å². The molecule has 170 valence electrons. The van der Waals surface area contributed by atoms with Crippen LogP contribution in [0.2, 0.25) is 0 Å². The number of phenols is 1. The van der Waals surface area contributed by atoms with E-state index in [-0.39, 0.29) is 41.2 Å². The summed E-state index contributed by atoms with van der Waals surface area (Å²) in [6, 6.07) is 16.9. The molecule has 3 N–H and O–H groups in total. The SMILES string of the molecule is CC1CN2C(=O)c3ccccc3C2(O)C(c2cc(F)ccc2O)C2=C(N1)c1ccccc1C2=O. The van der Waals surface area contributed by atoms with E-state index in [1.165, 1.54) is 11.0 Å². The van der Waals surface area contributed by atoms with Gasteiger partial charge in [-0.05, 0) is 31.2 Å². The number of halogens is 1. The summed E-state index contributed by atoms with van der Waals surface area (Å²) >= 11 is 0. The minimum absolute atomic E-state index is 0.0296. The minimum Gasteiger partial charge on any atom is -0.508 e. The predicted molar refractivity (Wildman–Crippen MR) is 122 cm³/mol. The molecular formula is C27H21FN2O4. The molecule has 0 radical (unpaired) electrons. The molecule has 1 aliphatic carbocycles. The zero-order valence-electron chi connectivity index (χ0n) is 18.2. The normalized spacial score (nSPS) is 25.2. The Bertz CT molecular complexity index is 1430. The number of amides is 1. The summed E-state index contributed by atoms with van der Waals surface area (Å²) in [5.74, 6) is -2.88. The van der Waals surface area contributed by atoms with Crippen LogP contribution in [0.5, 0.6) is 5.75 Å². The number of hydrogen-bond acceptors (Lipinski definition) is 5. The van der Waals surface area contributed by atoms with Gasteiger partial charge in [0.05, 0.1) is 11.6 Å². The van der Waals surface area contributed by atoms with E-state index in [2.05, 4.69) is 5.32 Å². The molecule has 6 rings (SSSR count). The van der Waals surface area contributed by atoms with Crippen LogP contribution in [0.25, 0.3) is 5.70 Å². The van der Waals surface area contributed by atoms with Crippen molar-refractivity contribution in [2.24, 2.45) is 0 Å². The molecule has 0 spiro atoms. The molecule has 34 heavy (non-hydrogen) atoms. The van der Waals surface area contributed by atoms with Gasteiger partial charge in [0.2, 0.25) is 0 Å². The van der Waals surface area contributed by atoms with Gasteiger partial charge in [0.25, 0.3) is 5.91 Å². The lowest BCUT2D eigenvalue weighted by Gasteiger charge is -2.44. The van der Waals surface area contributed by atoms with E-state index in [0.717, 1.165) is 12.1 Å². The quantitative estimate of drug-likeness (QED) is 0.522. The Hall–Kier alpha value is -3.97. The lowest BCUT2D eigenvalue weighted by atomic mass is 9.76. The van der Waals surface area contributed by atoms with Crippen LogP contribution < -0.4 is 5.32 Å². The number of carbonyl (C=O) groups is 2. The average Bonchev–Trinajstić information content (AvgIpc) is 3.20. The Morgan fingerprint density at radius 3 is 2.44 bits per heavy atom. The molecule has 0 fully saturated rings. The maximum absolute atomic E-state index is 14.5. The molecule has 2 heterocycles. The smallest absolute Gasteiger partial charge is 0.256 e. The second-order valence-electron chi connectivity index (χ2n) is 9.03. The van der Waals surface area contributed by atoms with Gasteiger partial charge in [-0.2, -0.15) is 0 Å². The number of hydrogen-bond donors (Lipinski definition) is 3. The van der Waals surface area contributed by atoms with Crippen molar-refractivity contribution >= 4 is 17.4 Å². The van der Waals surface area contributed by atoms with Crippen molar-refractivity contribution < 1.29 is 24.2 Å². The molecule has 0 saturated heterocycles. The van der Waals surface area contributed by atoms with Crippen LogP contribution in [0.15, 0.2) is 72.3 Å². The number of rotatable bonds is 1. The molecule has 3 aromatic carbocycles. The summed E-state index contributed by atoms with van der Waals surface area (Å²) in [5.41, 5.74) is 0.462. The number of aliphatic hydroxyl groups is 1. The first-order valence-electron chi connectivity index (χ1n) is 11.1. The molecule has 3 aliphatic rings. The van der Waals surface area contributed by atoms with Gasteiger partial charge in [-0.25, -0.2) is 4.39 Å². The fourth-order valence-electron chi connectivity index (χ4n) is 5.60. The molecule has 3 atom stereocenters. The Morgan fingerprint density at radius 2 is 1.68 bits per heavy atom. The van der Waals surface area contributed by atoms with E-state index in [9.17, 15) is 24.2 Å². The highest BCUT2D eigenvalue weighted by atomic mass is 19.1. The van der Waals surface area contributed by atoms with Crippen molar-refractivity contribution in [3.8, 4) is 5.75 Å². The van der Waals surface area contributed by atoms with Gasteiger partial charge >= 0.3 is 0 Å². The minimum atomic E-state index is -2.02. The maximum atomic E-state index is 14.5. The van der Waals surface area contributed by atoms with Gasteiger partial charge in [0, 0.05) is 46.0 Å². The van der Waals surface area contributed by atoms with E-state index >= 15 is 0 Å². The number of Topliss-reactive ketones (excluding diaryl/α,β-unsaturated/α-hetero) is 1. The lowest BCUT2D eigenvalue weighted by Crippen LogP contribution is -2.54. The van der Waals surface area contributed by atoms with Crippen molar-refractivity contribution in [2.75, 3.05) is 6.54 Å². The molecule has 0 aromatic heterocycles. The number of ketones is 1. The van der Waals surface area contributed by atoms with Crippen LogP contribution >= 0.6 is 0 Å². The number of benzene rings is 3. The topological polar surface area (TPSA) is 89.9 Å². The van der Waals surface area contributed by atoms with Gasteiger partial charge < -0.3 is 20.4 Å². The number of fused-ring (bicyclic) bond motifs is 5. The van der Waals surface area contributed by atoms with Crippen molar-refractivity contribution in [2.45, 2.75) is 24.6 Å². The van der Waals surface area contributed by atoms with Crippen molar-refractivity contribution in [1.29, 1.82) is 0 Å². The lowest BCUT2D eigenvalue weighted by molar-refractivity contribution is -0.100. The molecule has 1 amide bonds. The second-order valence-corrected chi connectivity index (χ2v) is 9.03. The zero-order chi connectivity index (χ0) is 23.8. The van der Waals surface area contributed by atoms with E-state index in [1.807, 2.05) is 19.1 Å². The highest BCUT2D eigenvalue weighted by molar-refractivity contribution is 6.21. The van der Waals surface area contributed by atoms with Gasteiger partial charge in [0.15, 0.2) is 11.5 Å². The monoisotopic (exact) mass is 456 g/mol. The zero-order valence-corrected chi connectivity index (χ0v) is 18.2. The van der Waals surface area contributed by atoms with Crippen molar-refractivity contribution in [3.05, 3.63) is 106 Å². The summed E-state index contributed by atoms with van der Waals surface area (Å²) in [5, 5.41) is 26.7. The van der Waals surface area contributed by atoms with E-state index in [0.29, 0.717) is 28.0 Å².